The van der Waals surface area contributed by atoms with Gasteiger partial charge in [0.05, 0.1) is 12.8 Å². The molecule has 0 aliphatic rings. The summed E-state index contributed by atoms with van der Waals surface area (Å²) in [5.41, 5.74) is 6.66. The van der Waals surface area contributed by atoms with Gasteiger partial charge < -0.3 is 15.4 Å². The normalized spacial score (nSPS) is 12.2. The van der Waals surface area contributed by atoms with Crippen molar-refractivity contribution in [2.75, 3.05) is 36.8 Å². The summed E-state index contributed by atoms with van der Waals surface area (Å²) in [5.74, 6) is 2.45. The highest BCUT2D eigenvalue weighted by molar-refractivity contribution is 7.98. The van der Waals surface area contributed by atoms with E-state index in [4.69, 9.17) is 10.5 Å². The Balaban J connectivity index is 2.96. The minimum Gasteiger partial charge on any atom is -0.481 e. The van der Waals surface area contributed by atoms with Crippen LogP contribution in [-0.4, -0.2) is 37.2 Å². The maximum absolute atomic E-state index is 5.97. The van der Waals surface area contributed by atoms with E-state index in [0.717, 1.165) is 18.0 Å². The molecule has 0 spiro atoms. The fourth-order valence-electron chi connectivity index (χ4n) is 1.71. The molecule has 1 atom stereocenters. The summed E-state index contributed by atoms with van der Waals surface area (Å²) in [5, 5.41) is 0. The first-order valence-electron chi connectivity index (χ1n) is 5.66. The van der Waals surface area contributed by atoms with Gasteiger partial charge in [-0.3, -0.25) is 0 Å². The maximum Gasteiger partial charge on any atom is 0.215 e. The van der Waals surface area contributed by atoms with E-state index in [2.05, 4.69) is 23.1 Å². The number of methoxy groups -OCH3 is 1. The van der Waals surface area contributed by atoms with Crippen molar-refractivity contribution in [3.8, 4) is 5.88 Å². The third kappa shape index (κ3) is 3.43. The van der Waals surface area contributed by atoms with Gasteiger partial charge >= 0.3 is 0 Å². The molecule has 0 saturated carbocycles. The Morgan fingerprint density at radius 1 is 1.53 bits per heavy atom. The quantitative estimate of drug-likeness (QED) is 0.845. The van der Waals surface area contributed by atoms with E-state index in [9.17, 15) is 0 Å². The van der Waals surface area contributed by atoms with E-state index in [0.29, 0.717) is 17.6 Å². The molecular formula is C12H21N3OS. The fraction of sp³-hybridized carbons (Fsp3) is 0.583. The van der Waals surface area contributed by atoms with Crippen molar-refractivity contribution in [3.63, 3.8) is 0 Å². The number of rotatable bonds is 6. The Morgan fingerprint density at radius 2 is 2.24 bits per heavy atom. The van der Waals surface area contributed by atoms with Gasteiger partial charge in [0.1, 0.15) is 0 Å². The number of nitrogens with zero attached hydrogens (tertiary/aromatic N) is 2. The van der Waals surface area contributed by atoms with Crippen molar-refractivity contribution in [1.82, 2.24) is 4.98 Å². The number of nitrogens with two attached hydrogens (primary N) is 1. The van der Waals surface area contributed by atoms with Gasteiger partial charge in [-0.2, -0.15) is 16.7 Å². The lowest BCUT2D eigenvalue weighted by molar-refractivity contribution is 0.398. The van der Waals surface area contributed by atoms with Crippen molar-refractivity contribution in [2.24, 2.45) is 0 Å². The molecule has 1 aromatic rings. The molecule has 5 heteroatoms. The summed E-state index contributed by atoms with van der Waals surface area (Å²) >= 11 is 1.83. The predicted molar refractivity (Wildman–Crippen MR) is 76.1 cm³/mol. The van der Waals surface area contributed by atoms with Crippen molar-refractivity contribution in [2.45, 2.75) is 19.4 Å². The van der Waals surface area contributed by atoms with Crippen molar-refractivity contribution in [1.29, 1.82) is 0 Å². The minimum absolute atomic E-state index is 0.437. The van der Waals surface area contributed by atoms with Crippen LogP contribution in [0.25, 0.3) is 0 Å². The van der Waals surface area contributed by atoms with Crippen LogP contribution in [0.4, 0.5) is 11.5 Å². The number of thioether (sulfide) groups is 1. The van der Waals surface area contributed by atoms with E-state index in [1.165, 1.54) is 0 Å². The zero-order chi connectivity index (χ0) is 12.8. The molecule has 0 radical (unpaired) electrons. The van der Waals surface area contributed by atoms with E-state index in [1.54, 1.807) is 13.2 Å². The molecule has 2 N–H and O–H groups in total. The number of ether oxygens (including phenoxy) is 1. The van der Waals surface area contributed by atoms with Crippen LogP contribution in [0.3, 0.4) is 0 Å². The third-order valence-corrected chi connectivity index (χ3v) is 3.52. The average molecular weight is 255 g/mol. The molecule has 0 aromatic carbocycles. The smallest absolute Gasteiger partial charge is 0.215 e. The highest BCUT2D eigenvalue weighted by Gasteiger charge is 2.16. The van der Waals surface area contributed by atoms with Crippen LogP contribution >= 0.6 is 11.8 Å². The van der Waals surface area contributed by atoms with Crippen LogP contribution in [0.2, 0.25) is 0 Å². The van der Waals surface area contributed by atoms with E-state index < -0.39 is 0 Å². The second-order valence-corrected chi connectivity index (χ2v) is 4.81. The number of anilines is 2. The van der Waals surface area contributed by atoms with Crippen LogP contribution in [-0.2, 0) is 0 Å². The SMILES string of the molecule is CCC(CSC)N(C)c1nc(OC)ccc1N. The number of hydrogen-bond donors (Lipinski definition) is 1. The molecule has 0 fully saturated rings. The highest BCUT2D eigenvalue weighted by atomic mass is 32.2. The molecule has 1 heterocycles. The fourth-order valence-corrected chi connectivity index (χ4v) is 2.55. The molecule has 96 valence electrons. The Hall–Kier alpha value is -1.10. The monoisotopic (exact) mass is 255 g/mol. The van der Waals surface area contributed by atoms with Gasteiger partial charge in [-0.05, 0) is 18.7 Å². The van der Waals surface area contributed by atoms with E-state index in [1.807, 2.05) is 24.9 Å². The molecule has 4 nitrogen and oxygen atoms in total. The number of hydrogen-bond acceptors (Lipinski definition) is 5. The Bertz CT molecular complexity index is 360. The zero-order valence-electron chi connectivity index (χ0n) is 10.9. The van der Waals surface area contributed by atoms with Gasteiger partial charge in [0.15, 0.2) is 5.82 Å². The maximum atomic E-state index is 5.97. The Morgan fingerprint density at radius 3 is 2.76 bits per heavy atom. The first-order chi connectivity index (χ1) is 8.13. The minimum atomic E-state index is 0.437. The first kappa shape index (κ1) is 14.0. The van der Waals surface area contributed by atoms with Gasteiger partial charge in [-0.1, -0.05) is 6.92 Å². The number of pyridine rings is 1. The van der Waals surface area contributed by atoms with Crippen molar-refractivity contribution >= 4 is 23.3 Å². The lowest BCUT2D eigenvalue weighted by Crippen LogP contribution is -2.34. The average Bonchev–Trinajstić information content (AvgIpc) is 2.35. The summed E-state index contributed by atoms with van der Waals surface area (Å²) in [4.78, 5) is 6.54. The van der Waals surface area contributed by atoms with Crippen molar-refractivity contribution in [3.05, 3.63) is 12.1 Å². The summed E-state index contributed by atoms with van der Waals surface area (Å²) in [7, 11) is 3.64. The van der Waals surface area contributed by atoms with Crippen LogP contribution in [0.1, 0.15) is 13.3 Å². The molecule has 0 amide bonds. The number of aromatic nitrogens is 1. The Labute approximate surface area is 108 Å². The highest BCUT2D eigenvalue weighted by Crippen LogP contribution is 2.25. The Kier molecular flexibility index (Phi) is 5.41. The van der Waals surface area contributed by atoms with Gasteiger partial charge in [0.2, 0.25) is 5.88 Å². The van der Waals surface area contributed by atoms with Crippen LogP contribution in [0.5, 0.6) is 5.88 Å². The molecular weight excluding hydrogens is 234 g/mol. The van der Waals surface area contributed by atoms with E-state index >= 15 is 0 Å². The molecule has 1 unspecified atom stereocenters. The van der Waals surface area contributed by atoms with Crippen molar-refractivity contribution < 1.29 is 4.74 Å². The van der Waals surface area contributed by atoms with Crippen LogP contribution < -0.4 is 15.4 Å². The second-order valence-electron chi connectivity index (χ2n) is 3.89. The topological polar surface area (TPSA) is 51.4 Å². The number of nitrogen functional groups attached to an aromatic ring is 1. The molecule has 0 aliphatic heterocycles. The summed E-state index contributed by atoms with van der Waals surface area (Å²) in [6.45, 7) is 2.17. The van der Waals surface area contributed by atoms with Gasteiger partial charge in [0, 0.05) is 24.9 Å². The summed E-state index contributed by atoms with van der Waals surface area (Å²) in [6, 6.07) is 4.05. The molecule has 0 saturated heterocycles. The standard InChI is InChI=1S/C12H21N3OS/c1-5-9(8-17-4)15(2)12-10(13)6-7-11(14-12)16-3/h6-7,9H,5,8,13H2,1-4H3. The third-order valence-electron chi connectivity index (χ3n) is 2.80. The molecule has 17 heavy (non-hydrogen) atoms. The molecule has 1 aromatic heterocycles. The van der Waals surface area contributed by atoms with Crippen LogP contribution in [0, 0.1) is 0 Å². The first-order valence-corrected chi connectivity index (χ1v) is 7.05. The van der Waals surface area contributed by atoms with Gasteiger partial charge in [-0.15, -0.1) is 0 Å². The molecule has 0 bridgehead atoms. The molecule has 0 aliphatic carbocycles. The van der Waals surface area contributed by atoms with E-state index in [-0.39, 0.29) is 0 Å². The zero-order valence-corrected chi connectivity index (χ0v) is 11.8. The largest absolute Gasteiger partial charge is 0.481 e. The lowest BCUT2D eigenvalue weighted by atomic mass is 10.2. The predicted octanol–water partition coefficient (Wildman–Crippen LogP) is 2.25. The van der Waals surface area contributed by atoms with Crippen LogP contribution in [0.15, 0.2) is 12.1 Å². The van der Waals surface area contributed by atoms with Gasteiger partial charge in [-0.25, -0.2) is 0 Å². The lowest BCUT2D eigenvalue weighted by Gasteiger charge is -2.28. The van der Waals surface area contributed by atoms with Gasteiger partial charge in [0.25, 0.3) is 0 Å². The summed E-state index contributed by atoms with van der Waals surface area (Å²) < 4.78 is 5.13. The second kappa shape index (κ2) is 6.59. The summed E-state index contributed by atoms with van der Waals surface area (Å²) in [6.07, 6.45) is 3.18. The molecule has 1 rings (SSSR count).